The molecule has 1 aromatic heterocycles. The van der Waals surface area contributed by atoms with Gasteiger partial charge in [-0.05, 0) is 38.5 Å². The standard InChI is InChI=1S/C13H20N4O/c1-9(14)10-4-5-15-11(8-10)17-7-6-16-12(18)13(17,2)3/h4-5,8-9H,6-7,14H2,1-3H3,(H,16,18)/t9-/m1/s1. The summed E-state index contributed by atoms with van der Waals surface area (Å²) in [6.07, 6.45) is 1.75. The summed E-state index contributed by atoms with van der Waals surface area (Å²) in [5.74, 6) is 0.839. The zero-order valence-electron chi connectivity index (χ0n) is 11.1. The summed E-state index contributed by atoms with van der Waals surface area (Å²) in [6.45, 7) is 7.15. The Morgan fingerprint density at radius 3 is 2.94 bits per heavy atom. The van der Waals surface area contributed by atoms with Crippen LogP contribution in [0.5, 0.6) is 0 Å². The van der Waals surface area contributed by atoms with Crippen molar-refractivity contribution >= 4 is 11.7 Å². The summed E-state index contributed by atoms with van der Waals surface area (Å²) in [6, 6.07) is 3.84. The first-order chi connectivity index (χ1) is 8.43. The fourth-order valence-electron chi connectivity index (χ4n) is 2.17. The molecule has 2 rings (SSSR count). The number of piperazine rings is 1. The molecular weight excluding hydrogens is 228 g/mol. The van der Waals surface area contributed by atoms with Gasteiger partial charge in [-0.3, -0.25) is 4.79 Å². The van der Waals surface area contributed by atoms with Gasteiger partial charge in [0.25, 0.3) is 0 Å². The highest BCUT2D eigenvalue weighted by Gasteiger charge is 2.38. The summed E-state index contributed by atoms with van der Waals surface area (Å²) >= 11 is 0. The van der Waals surface area contributed by atoms with E-state index in [9.17, 15) is 4.79 Å². The maximum absolute atomic E-state index is 11.9. The summed E-state index contributed by atoms with van der Waals surface area (Å²) in [7, 11) is 0. The van der Waals surface area contributed by atoms with Crippen LogP contribution in [0.1, 0.15) is 32.4 Å². The van der Waals surface area contributed by atoms with E-state index in [1.54, 1.807) is 6.20 Å². The molecular formula is C13H20N4O. The smallest absolute Gasteiger partial charge is 0.245 e. The highest BCUT2D eigenvalue weighted by molar-refractivity contribution is 5.90. The van der Waals surface area contributed by atoms with Gasteiger partial charge in [-0.2, -0.15) is 0 Å². The Balaban J connectivity index is 2.35. The Labute approximate surface area is 107 Å². The molecule has 3 N–H and O–H groups in total. The van der Waals surface area contributed by atoms with E-state index in [-0.39, 0.29) is 11.9 Å². The topological polar surface area (TPSA) is 71.2 Å². The van der Waals surface area contributed by atoms with Gasteiger partial charge in [-0.25, -0.2) is 4.98 Å². The van der Waals surface area contributed by atoms with Gasteiger partial charge in [0.1, 0.15) is 11.4 Å². The zero-order valence-corrected chi connectivity index (χ0v) is 11.1. The Kier molecular flexibility index (Phi) is 3.26. The van der Waals surface area contributed by atoms with Crippen LogP contribution in [-0.4, -0.2) is 29.5 Å². The number of carbonyl (C=O) groups excluding carboxylic acids is 1. The molecule has 1 amide bonds. The number of nitrogens with one attached hydrogen (secondary N) is 1. The van der Waals surface area contributed by atoms with Crippen LogP contribution in [0.15, 0.2) is 18.3 Å². The normalized spacial score (nSPS) is 20.4. The number of anilines is 1. The van der Waals surface area contributed by atoms with Gasteiger partial charge in [0.2, 0.25) is 5.91 Å². The van der Waals surface area contributed by atoms with E-state index >= 15 is 0 Å². The van der Waals surface area contributed by atoms with Gasteiger partial charge in [0.15, 0.2) is 0 Å². The maximum Gasteiger partial charge on any atom is 0.245 e. The maximum atomic E-state index is 11.9. The van der Waals surface area contributed by atoms with E-state index in [0.717, 1.165) is 17.9 Å². The van der Waals surface area contributed by atoms with E-state index in [1.807, 2.05) is 37.8 Å². The average molecular weight is 248 g/mol. The summed E-state index contributed by atoms with van der Waals surface area (Å²) in [5.41, 5.74) is 6.33. The first-order valence-corrected chi connectivity index (χ1v) is 6.20. The molecule has 18 heavy (non-hydrogen) atoms. The van der Waals surface area contributed by atoms with Crippen molar-refractivity contribution in [3.63, 3.8) is 0 Å². The Bertz CT molecular complexity index is 456. The first-order valence-electron chi connectivity index (χ1n) is 6.20. The third-order valence-corrected chi connectivity index (χ3v) is 3.42. The lowest BCUT2D eigenvalue weighted by Crippen LogP contribution is -2.62. The lowest BCUT2D eigenvalue weighted by molar-refractivity contribution is -0.126. The van der Waals surface area contributed by atoms with Crippen molar-refractivity contribution in [3.8, 4) is 0 Å². The van der Waals surface area contributed by atoms with Gasteiger partial charge in [0, 0.05) is 25.3 Å². The summed E-state index contributed by atoms with van der Waals surface area (Å²) in [4.78, 5) is 18.3. The predicted molar refractivity (Wildman–Crippen MR) is 71.3 cm³/mol. The van der Waals surface area contributed by atoms with Crippen LogP contribution in [-0.2, 0) is 4.79 Å². The number of hydrogen-bond donors (Lipinski definition) is 2. The third-order valence-electron chi connectivity index (χ3n) is 3.42. The molecule has 98 valence electrons. The van der Waals surface area contributed by atoms with Gasteiger partial charge in [0.05, 0.1) is 0 Å². The third kappa shape index (κ3) is 2.18. The van der Waals surface area contributed by atoms with Crippen molar-refractivity contribution in [2.75, 3.05) is 18.0 Å². The van der Waals surface area contributed by atoms with Crippen molar-refractivity contribution in [2.24, 2.45) is 5.73 Å². The molecule has 1 aromatic rings. The molecule has 0 spiro atoms. The summed E-state index contributed by atoms with van der Waals surface area (Å²) in [5, 5.41) is 2.88. The molecule has 0 radical (unpaired) electrons. The Hall–Kier alpha value is -1.62. The molecule has 1 saturated heterocycles. The second-order valence-electron chi connectivity index (χ2n) is 5.20. The fourth-order valence-corrected chi connectivity index (χ4v) is 2.17. The number of aromatic nitrogens is 1. The zero-order chi connectivity index (χ0) is 13.3. The van der Waals surface area contributed by atoms with E-state index in [2.05, 4.69) is 10.3 Å². The molecule has 5 nitrogen and oxygen atoms in total. The molecule has 0 bridgehead atoms. The van der Waals surface area contributed by atoms with Crippen molar-refractivity contribution in [1.82, 2.24) is 10.3 Å². The van der Waals surface area contributed by atoms with Crippen molar-refractivity contribution in [2.45, 2.75) is 32.4 Å². The minimum Gasteiger partial charge on any atom is -0.352 e. The van der Waals surface area contributed by atoms with Crippen LogP contribution in [0, 0.1) is 0 Å². The number of pyridine rings is 1. The van der Waals surface area contributed by atoms with Crippen LogP contribution in [0.4, 0.5) is 5.82 Å². The van der Waals surface area contributed by atoms with Crippen LogP contribution < -0.4 is 16.0 Å². The van der Waals surface area contributed by atoms with Crippen LogP contribution in [0.2, 0.25) is 0 Å². The molecule has 1 atom stereocenters. The van der Waals surface area contributed by atoms with Crippen molar-refractivity contribution in [1.29, 1.82) is 0 Å². The monoisotopic (exact) mass is 248 g/mol. The second kappa shape index (κ2) is 4.57. The molecule has 2 heterocycles. The lowest BCUT2D eigenvalue weighted by Gasteiger charge is -2.42. The van der Waals surface area contributed by atoms with E-state index < -0.39 is 5.54 Å². The molecule has 1 aliphatic heterocycles. The molecule has 0 unspecified atom stereocenters. The number of nitrogens with two attached hydrogens (primary N) is 1. The Morgan fingerprint density at radius 2 is 2.28 bits per heavy atom. The SMILES string of the molecule is C[C@@H](N)c1ccnc(N2CCNC(=O)C2(C)C)c1. The van der Waals surface area contributed by atoms with Crippen LogP contribution in [0.3, 0.4) is 0 Å². The lowest BCUT2D eigenvalue weighted by atomic mass is 9.98. The number of nitrogens with zero attached hydrogens (tertiary/aromatic N) is 2. The van der Waals surface area contributed by atoms with E-state index in [0.29, 0.717) is 6.54 Å². The van der Waals surface area contributed by atoms with Crippen LogP contribution in [0.25, 0.3) is 0 Å². The molecule has 1 fully saturated rings. The number of rotatable bonds is 2. The Morgan fingerprint density at radius 1 is 1.56 bits per heavy atom. The fraction of sp³-hybridized carbons (Fsp3) is 0.538. The number of hydrogen-bond acceptors (Lipinski definition) is 4. The van der Waals surface area contributed by atoms with E-state index in [1.165, 1.54) is 0 Å². The van der Waals surface area contributed by atoms with Crippen molar-refractivity contribution < 1.29 is 4.79 Å². The van der Waals surface area contributed by atoms with Gasteiger partial charge < -0.3 is 16.0 Å². The van der Waals surface area contributed by atoms with Gasteiger partial charge in [-0.1, -0.05) is 0 Å². The minimum atomic E-state index is -0.582. The average Bonchev–Trinajstić information content (AvgIpc) is 2.32. The highest BCUT2D eigenvalue weighted by Crippen LogP contribution is 2.25. The highest BCUT2D eigenvalue weighted by atomic mass is 16.2. The second-order valence-corrected chi connectivity index (χ2v) is 5.20. The largest absolute Gasteiger partial charge is 0.352 e. The predicted octanol–water partition coefficient (Wildman–Crippen LogP) is 0.816. The summed E-state index contributed by atoms with van der Waals surface area (Å²) < 4.78 is 0. The molecule has 1 aliphatic rings. The van der Waals surface area contributed by atoms with Crippen LogP contribution >= 0.6 is 0 Å². The van der Waals surface area contributed by atoms with Gasteiger partial charge >= 0.3 is 0 Å². The molecule has 0 saturated carbocycles. The molecule has 0 aliphatic carbocycles. The number of carbonyl (C=O) groups is 1. The molecule has 0 aromatic carbocycles. The van der Waals surface area contributed by atoms with Crippen molar-refractivity contribution in [3.05, 3.63) is 23.9 Å². The van der Waals surface area contributed by atoms with E-state index in [4.69, 9.17) is 5.73 Å². The first kappa shape index (κ1) is 12.8. The van der Waals surface area contributed by atoms with Gasteiger partial charge in [-0.15, -0.1) is 0 Å². The number of amides is 1. The minimum absolute atomic E-state index is 0.0294. The molecule has 5 heteroatoms. The quantitative estimate of drug-likeness (QED) is 0.812.